The van der Waals surface area contributed by atoms with Crippen LogP contribution in [-0.2, 0) is 23.8 Å². The number of amides is 1. The molecule has 1 amide bonds. The van der Waals surface area contributed by atoms with E-state index in [1.165, 1.54) is 11.0 Å². The molecule has 36 heavy (non-hydrogen) atoms. The Morgan fingerprint density at radius 2 is 1.83 bits per heavy atom. The van der Waals surface area contributed by atoms with Crippen LogP contribution in [0.15, 0.2) is 18.2 Å². The largest absolute Gasteiger partial charge is 0.507 e. The molecule has 3 heterocycles. The lowest BCUT2D eigenvalue weighted by atomic mass is 9.83. The number of nitrogens with zero attached hydrogens (tertiary/aromatic N) is 1. The first kappa shape index (κ1) is 26.4. The number of ether oxygens (including phenoxy) is 4. The Labute approximate surface area is 212 Å². The minimum Gasteiger partial charge on any atom is -0.507 e. The van der Waals surface area contributed by atoms with Gasteiger partial charge in [0.2, 0.25) is 5.91 Å². The number of carbonyl (C=O) groups excluding carboxylic acids is 2. The predicted octanol–water partition coefficient (Wildman–Crippen LogP) is 1.35. The lowest BCUT2D eigenvalue weighted by Crippen LogP contribution is -3.16. The topological polar surface area (TPSA) is 99.0 Å². The predicted molar refractivity (Wildman–Crippen MR) is 133 cm³/mol. The fourth-order valence-electron chi connectivity index (χ4n) is 5.17. The van der Waals surface area contributed by atoms with Crippen LogP contribution in [0.4, 0.5) is 0 Å². The lowest BCUT2D eigenvalue weighted by Gasteiger charge is -2.46. The van der Waals surface area contributed by atoms with Gasteiger partial charge in [0.1, 0.15) is 30.2 Å². The number of hydrogen-bond donors (Lipinski definition) is 2. The van der Waals surface area contributed by atoms with Crippen molar-refractivity contribution in [2.75, 3.05) is 52.6 Å². The smallest absolute Gasteiger partial charge is 0.306 e. The fraction of sp³-hybridized carbons (Fsp3) is 0.630. The van der Waals surface area contributed by atoms with E-state index in [9.17, 15) is 14.7 Å². The van der Waals surface area contributed by atoms with E-state index in [4.69, 9.17) is 18.9 Å². The van der Waals surface area contributed by atoms with E-state index in [0.29, 0.717) is 75.9 Å². The fourth-order valence-corrected chi connectivity index (χ4v) is 5.17. The van der Waals surface area contributed by atoms with Crippen LogP contribution in [0.5, 0.6) is 11.5 Å². The van der Waals surface area contributed by atoms with Crippen molar-refractivity contribution in [1.82, 2.24) is 4.90 Å². The Bertz CT molecular complexity index is 979. The molecule has 3 aliphatic heterocycles. The standard InChI is InChI=1S/C27H38N2O7/c1-18(2)17-22(31)35-26-24(29-11-15-34-16-12-29)23-20(36-27(26,3)4)7-5-19(25(23)32)6-8-21(30)28-9-13-33-14-10-28/h5-8,18,24,26,32H,9-17H2,1-4H3/p+1/b8-6+/t24-,26+/m0/s1. The Balaban J connectivity index is 1.69. The average Bonchev–Trinajstić information content (AvgIpc) is 2.84. The van der Waals surface area contributed by atoms with Gasteiger partial charge in [-0.25, -0.2) is 0 Å². The first-order valence-corrected chi connectivity index (χ1v) is 12.9. The van der Waals surface area contributed by atoms with Crippen LogP contribution in [0.1, 0.15) is 51.3 Å². The van der Waals surface area contributed by atoms with Gasteiger partial charge in [-0.3, -0.25) is 9.59 Å². The number of phenols is 1. The van der Waals surface area contributed by atoms with E-state index in [1.54, 1.807) is 17.0 Å². The second-order valence-corrected chi connectivity index (χ2v) is 10.6. The van der Waals surface area contributed by atoms with Crippen LogP contribution in [0.25, 0.3) is 6.08 Å². The van der Waals surface area contributed by atoms with Gasteiger partial charge in [-0.1, -0.05) is 13.8 Å². The normalized spacial score (nSPS) is 24.4. The number of morpholine rings is 2. The number of aromatic hydroxyl groups is 1. The summed E-state index contributed by atoms with van der Waals surface area (Å²) >= 11 is 0. The van der Waals surface area contributed by atoms with Gasteiger partial charge in [0.15, 0.2) is 12.1 Å². The number of carbonyl (C=O) groups is 2. The number of nitrogens with one attached hydrogen (secondary N) is 1. The molecule has 2 fully saturated rings. The highest BCUT2D eigenvalue weighted by molar-refractivity contribution is 5.92. The van der Waals surface area contributed by atoms with Gasteiger partial charge in [-0.05, 0) is 38.0 Å². The van der Waals surface area contributed by atoms with E-state index < -0.39 is 11.7 Å². The summed E-state index contributed by atoms with van der Waals surface area (Å²) in [5, 5.41) is 11.5. The van der Waals surface area contributed by atoms with E-state index in [0.717, 1.165) is 0 Å². The van der Waals surface area contributed by atoms with Crippen LogP contribution in [0.2, 0.25) is 0 Å². The molecule has 198 valence electrons. The van der Waals surface area contributed by atoms with Crippen LogP contribution < -0.4 is 9.64 Å². The molecule has 9 heteroatoms. The third-order valence-corrected chi connectivity index (χ3v) is 7.02. The van der Waals surface area contributed by atoms with E-state index in [-0.39, 0.29) is 29.6 Å². The van der Waals surface area contributed by atoms with Gasteiger partial charge in [-0.2, -0.15) is 0 Å². The molecule has 0 aromatic heterocycles. The highest BCUT2D eigenvalue weighted by Gasteiger charge is 2.53. The van der Waals surface area contributed by atoms with Crippen molar-refractivity contribution in [3.05, 3.63) is 29.3 Å². The van der Waals surface area contributed by atoms with Crippen LogP contribution in [0.3, 0.4) is 0 Å². The van der Waals surface area contributed by atoms with Crippen molar-refractivity contribution >= 4 is 18.0 Å². The summed E-state index contributed by atoms with van der Waals surface area (Å²) in [6.45, 7) is 12.6. The molecule has 1 aromatic carbocycles. The van der Waals surface area contributed by atoms with E-state index in [1.807, 2.05) is 33.8 Å². The summed E-state index contributed by atoms with van der Waals surface area (Å²) in [7, 11) is 0. The first-order valence-electron chi connectivity index (χ1n) is 12.9. The Kier molecular flexibility index (Phi) is 8.22. The summed E-state index contributed by atoms with van der Waals surface area (Å²) in [5.41, 5.74) is 0.323. The molecule has 2 saturated heterocycles. The maximum atomic E-state index is 12.8. The lowest BCUT2D eigenvalue weighted by molar-refractivity contribution is -0.944. The number of phenolic OH excluding ortho intramolecular Hbond substituents is 1. The van der Waals surface area contributed by atoms with Crippen LogP contribution >= 0.6 is 0 Å². The van der Waals surface area contributed by atoms with Crippen LogP contribution in [0, 0.1) is 5.92 Å². The second-order valence-electron chi connectivity index (χ2n) is 10.6. The zero-order valence-corrected chi connectivity index (χ0v) is 21.7. The van der Waals surface area contributed by atoms with Crippen molar-refractivity contribution in [2.45, 2.75) is 51.9 Å². The maximum Gasteiger partial charge on any atom is 0.306 e. The molecular formula is C27H39N2O7+. The van der Waals surface area contributed by atoms with Crippen molar-refractivity contribution in [1.29, 1.82) is 0 Å². The summed E-state index contributed by atoms with van der Waals surface area (Å²) in [6.07, 6.45) is 2.82. The van der Waals surface area contributed by atoms with Gasteiger partial charge < -0.3 is 33.9 Å². The van der Waals surface area contributed by atoms with Crippen LogP contribution in [-0.4, -0.2) is 86.2 Å². The number of rotatable bonds is 6. The Hall–Kier alpha value is -2.62. The monoisotopic (exact) mass is 503 g/mol. The van der Waals surface area contributed by atoms with E-state index in [2.05, 4.69) is 0 Å². The molecule has 0 radical (unpaired) electrons. The molecular weight excluding hydrogens is 464 g/mol. The Morgan fingerprint density at radius 3 is 2.50 bits per heavy atom. The van der Waals surface area contributed by atoms with Crippen molar-refractivity contribution in [2.24, 2.45) is 5.92 Å². The minimum absolute atomic E-state index is 0.0444. The minimum atomic E-state index is -0.800. The van der Waals surface area contributed by atoms with Gasteiger partial charge in [0.25, 0.3) is 0 Å². The molecule has 1 aromatic rings. The van der Waals surface area contributed by atoms with Crippen molar-refractivity contribution < 1.29 is 38.5 Å². The highest BCUT2D eigenvalue weighted by Crippen LogP contribution is 2.46. The Morgan fingerprint density at radius 1 is 1.17 bits per heavy atom. The van der Waals surface area contributed by atoms with Gasteiger partial charge in [0.05, 0.1) is 32.0 Å². The second kappa shape index (κ2) is 11.2. The van der Waals surface area contributed by atoms with E-state index >= 15 is 0 Å². The summed E-state index contributed by atoms with van der Waals surface area (Å²) < 4.78 is 23.3. The molecule has 0 aliphatic carbocycles. The molecule has 2 atom stereocenters. The molecule has 0 unspecified atom stereocenters. The third kappa shape index (κ3) is 5.85. The molecule has 9 nitrogen and oxygen atoms in total. The first-order chi connectivity index (χ1) is 17.2. The summed E-state index contributed by atoms with van der Waals surface area (Å²) in [5.74, 6) is 0.376. The number of hydrogen-bond acceptors (Lipinski definition) is 7. The quantitative estimate of drug-likeness (QED) is 0.447. The highest BCUT2D eigenvalue weighted by atomic mass is 16.6. The van der Waals surface area contributed by atoms with Crippen molar-refractivity contribution in [3.8, 4) is 11.5 Å². The third-order valence-electron chi connectivity index (χ3n) is 7.02. The molecule has 0 spiro atoms. The SMILES string of the molecule is CC(C)CC(=O)O[C@@H]1[C@@H]([NH+]2CCOCC2)c2c(ccc(/C=C/C(=O)N3CCOCC3)c2O)OC1(C)C. The number of quaternary nitrogens is 1. The maximum absolute atomic E-state index is 12.8. The van der Waals surface area contributed by atoms with Gasteiger partial charge in [-0.15, -0.1) is 0 Å². The summed E-state index contributed by atoms with van der Waals surface area (Å²) in [4.78, 5) is 28.3. The molecule has 2 N–H and O–H groups in total. The summed E-state index contributed by atoms with van der Waals surface area (Å²) in [6, 6.07) is 3.24. The zero-order chi connectivity index (χ0) is 25.9. The zero-order valence-electron chi connectivity index (χ0n) is 21.7. The molecule has 0 saturated carbocycles. The van der Waals surface area contributed by atoms with Crippen molar-refractivity contribution in [3.63, 3.8) is 0 Å². The number of esters is 1. The van der Waals surface area contributed by atoms with Gasteiger partial charge in [0, 0.05) is 31.1 Å². The molecule has 4 rings (SSSR count). The number of fused-ring (bicyclic) bond motifs is 1. The van der Waals surface area contributed by atoms with Gasteiger partial charge >= 0.3 is 5.97 Å². The molecule has 3 aliphatic rings. The molecule has 0 bridgehead atoms. The average molecular weight is 504 g/mol. The number of benzene rings is 1.